The fourth-order valence-corrected chi connectivity index (χ4v) is 1.89. The lowest BCUT2D eigenvalue weighted by Gasteiger charge is -2.24. The third-order valence-electron chi connectivity index (χ3n) is 1.63. The second kappa shape index (κ2) is 4.38. The summed E-state index contributed by atoms with van der Waals surface area (Å²) in [6, 6.07) is -1.27. The molecule has 1 rings (SSSR count). The monoisotopic (exact) mass is 251 g/mol. The van der Waals surface area contributed by atoms with E-state index in [1.54, 1.807) is 20.8 Å². The predicted molar refractivity (Wildman–Crippen MR) is 53.6 cm³/mol. The maximum absolute atomic E-state index is 11.6. The van der Waals surface area contributed by atoms with Gasteiger partial charge in [-0.25, -0.2) is 13.8 Å². The maximum Gasteiger partial charge on any atom is 0.424 e. The van der Waals surface area contributed by atoms with Crippen LogP contribution in [0.3, 0.4) is 0 Å². The smallest absolute Gasteiger partial charge is 0.424 e. The number of ether oxygens (including phenoxy) is 1. The van der Waals surface area contributed by atoms with E-state index in [1.165, 1.54) is 0 Å². The minimum Gasteiger partial charge on any atom is -0.480 e. The van der Waals surface area contributed by atoms with Crippen LogP contribution in [0.5, 0.6) is 0 Å². The van der Waals surface area contributed by atoms with Crippen molar-refractivity contribution in [1.29, 1.82) is 0 Å². The molecule has 0 saturated carbocycles. The van der Waals surface area contributed by atoms with Gasteiger partial charge in [0.2, 0.25) is 0 Å². The second-order valence-corrected chi connectivity index (χ2v) is 5.23. The van der Waals surface area contributed by atoms with Gasteiger partial charge in [-0.1, -0.05) is 0 Å². The second-order valence-electron chi connectivity index (χ2n) is 4.16. The molecule has 0 aromatic heterocycles. The summed E-state index contributed by atoms with van der Waals surface area (Å²) in [7, 11) is 0. The zero-order valence-corrected chi connectivity index (χ0v) is 9.94. The van der Waals surface area contributed by atoms with Crippen molar-refractivity contribution in [1.82, 2.24) is 4.31 Å². The van der Waals surface area contributed by atoms with Gasteiger partial charge in [0.25, 0.3) is 11.3 Å². The highest BCUT2D eigenvalue weighted by Gasteiger charge is 2.43. The van der Waals surface area contributed by atoms with Crippen LogP contribution < -0.4 is 0 Å². The molecule has 0 radical (unpaired) electrons. The van der Waals surface area contributed by atoms with Crippen LogP contribution in [-0.4, -0.2) is 43.9 Å². The van der Waals surface area contributed by atoms with E-state index in [9.17, 15) is 13.8 Å². The third kappa shape index (κ3) is 2.92. The zero-order valence-electron chi connectivity index (χ0n) is 9.13. The van der Waals surface area contributed by atoms with Gasteiger partial charge in [0.15, 0.2) is 6.04 Å². The molecule has 1 aliphatic heterocycles. The molecular weight excluding hydrogens is 238 g/mol. The Morgan fingerprint density at radius 3 is 2.50 bits per heavy atom. The lowest BCUT2D eigenvalue weighted by molar-refractivity contribution is -0.141. The summed E-state index contributed by atoms with van der Waals surface area (Å²) in [4.78, 5) is 22.3. The highest BCUT2D eigenvalue weighted by Crippen LogP contribution is 2.19. The minimum absolute atomic E-state index is 0.304. The maximum atomic E-state index is 11.6. The van der Waals surface area contributed by atoms with Crippen molar-refractivity contribution in [3.05, 3.63) is 0 Å². The lowest BCUT2D eigenvalue weighted by atomic mass is 10.2. The molecule has 92 valence electrons. The van der Waals surface area contributed by atoms with E-state index < -0.39 is 35.0 Å². The van der Waals surface area contributed by atoms with E-state index >= 15 is 0 Å². The van der Waals surface area contributed by atoms with Crippen LogP contribution in [0.15, 0.2) is 0 Å². The van der Waals surface area contributed by atoms with Crippen LogP contribution in [0.25, 0.3) is 0 Å². The van der Waals surface area contributed by atoms with Crippen molar-refractivity contribution in [3.8, 4) is 0 Å². The third-order valence-corrected chi connectivity index (χ3v) is 2.69. The molecule has 2 atom stereocenters. The minimum atomic E-state index is -2.10. The van der Waals surface area contributed by atoms with Gasteiger partial charge in [-0.2, -0.15) is 4.31 Å². The predicted octanol–water partition coefficient (Wildman–Crippen LogP) is 0.286. The highest BCUT2D eigenvalue weighted by atomic mass is 32.2. The average molecular weight is 251 g/mol. The number of nitrogens with zero attached hydrogens (tertiary/aromatic N) is 1. The molecular formula is C8H13NO6S. The summed E-state index contributed by atoms with van der Waals surface area (Å²) in [6.45, 7) is 4.57. The van der Waals surface area contributed by atoms with Gasteiger partial charge in [-0.15, -0.1) is 0 Å². The molecule has 0 aromatic carbocycles. The fraction of sp³-hybridized carbons (Fsp3) is 0.750. The van der Waals surface area contributed by atoms with Gasteiger partial charge >= 0.3 is 12.1 Å². The molecule has 1 N–H and O–H groups in total. The van der Waals surface area contributed by atoms with Crippen LogP contribution in [0.2, 0.25) is 0 Å². The standard InChI is InChI=1S/C8H13NO6S/c1-8(2,3)15-7(12)9-5(6(10)11)4-14-16(9)13/h5H,4H2,1-3H3,(H,10,11)/t5-,16?/m1/s1. The normalized spacial score (nSPS) is 25.6. The van der Waals surface area contributed by atoms with Crippen molar-refractivity contribution in [2.45, 2.75) is 32.4 Å². The first-order chi connectivity index (χ1) is 7.22. The summed E-state index contributed by atoms with van der Waals surface area (Å²) in [5.41, 5.74) is -0.785. The number of carboxylic acid groups (broad SMARTS) is 1. The zero-order chi connectivity index (χ0) is 12.5. The van der Waals surface area contributed by atoms with Crippen molar-refractivity contribution in [2.75, 3.05) is 6.61 Å². The molecule has 1 saturated heterocycles. The number of hydrogen-bond donors (Lipinski definition) is 1. The molecule has 1 heterocycles. The first-order valence-electron chi connectivity index (χ1n) is 4.52. The molecule has 1 unspecified atom stereocenters. The van der Waals surface area contributed by atoms with E-state index in [4.69, 9.17) is 9.84 Å². The van der Waals surface area contributed by atoms with E-state index in [0.717, 1.165) is 0 Å². The Kier molecular flexibility index (Phi) is 3.54. The van der Waals surface area contributed by atoms with E-state index in [-0.39, 0.29) is 6.61 Å². The number of carbonyl (C=O) groups excluding carboxylic acids is 1. The molecule has 0 bridgehead atoms. The lowest BCUT2D eigenvalue weighted by Crippen LogP contribution is -2.44. The Morgan fingerprint density at radius 2 is 2.06 bits per heavy atom. The topological polar surface area (TPSA) is 93.1 Å². The first-order valence-corrected chi connectivity index (χ1v) is 5.56. The fourth-order valence-electron chi connectivity index (χ4n) is 1.02. The molecule has 8 heteroatoms. The number of aliphatic carboxylic acids is 1. The molecule has 0 aromatic rings. The molecule has 0 aliphatic carbocycles. The first kappa shape index (κ1) is 12.9. The van der Waals surface area contributed by atoms with Crippen LogP contribution in [0.4, 0.5) is 4.79 Å². The van der Waals surface area contributed by atoms with Gasteiger partial charge in [0, 0.05) is 0 Å². The average Bonchev–Trinajstić information content (AvgIpc) is 2.43. The van der Waals surface area contributed by atoms with Gasteiger partial charge in [0.1, 0.15) is 5.60 Å². The van der Waals surface area contributed by atoms with Crippen LogP contribution in [0, 0.1) is 0 Å². The molecule has 0 spiro atoms. The Bertz CT molecular complexity index is 336. The van der Waals surface area contributed by atoms with E-state index in [2.05, 4.69) is 4.18 Å². The Hall–Kier alpha value is -1.15. The summed E-state index contributed by atoms with van der Waals surface area (Å²) in [5, 5.41) is 8.78. The van der Waals surface area contributed by atoms with Gasteiger partial charge < -0.3 is 9.84 Å². The van der Waals surface area contributed by atoms with Crippen LogP contribution in [-0.2, 0) is 25.0 Å². The highest BCUT2D eigenvalue weighted by molar-refractivity contribution is 7.78. The SMILES string of the molecule is CC(C)(C)OC(=O)N1[C@@H](C(=O)O)COS1=O. The molecule has 1 amide bonds. The number of carboxylic acids is 1. The molecule has 1 aliphatic rings. The summed E-state index contributed by atoms with van der Waals surface area (Å²) >= 11 is -2.10. The van der Waals surface area contributed by atoms with Crippen molar-refractivity contribution >= 4 is 23.3 Å². The summed E-state index contributed by atoms with van der Waals surface area (Å²) in [5.74, 6) is -1.28. The van der Waals surface area contributed by atoms with Gasteiger partial charge in [0.05, 0.1) is 6.61 Å². The van der Waals surface area contributed by atoms with Crippen molar-refractivity contribution in [3.63, 3.8) is 0 Å². The van der Waals surface area contributed by atoms with Crippen molar-refractivity contribution in [2.24, 2.45) is 0 Å². The number of amides is 1. The van der Waals surface area contributed by atoms with Crippen molar-refractivity contribution < 1.29 is 27.8 Å². The number of hydrogen-bond acceptors (Lipinski definition) is 5. The molecule has 16 heavy (non-hydrogen) atoms. The summed E-state index contributed by atoms with van der Waals surface area (Å²) < 4.78 is 21.4. The number of carbonyl (C=O) groups is 2. The Morgan fingerprint density at radius 1 is 1.50 bits per heavy atom. The summed E-state index contributed by atoms with van der Waals surface area (Å²) in [6.07, 6.45) is -0.962. The number of rotatable bonds is 1. The van der Waals surface area contributed by atoms with E-state index in [0.29, 0.717) is 4.31 Å². The van der Waals surface area contributed by atoms with Gasteiger partial charge in [-0.3, -0.25) is 4.18 Å². The van der Waals surface area contributed by atoms with Gasteiger partial charge in [-0.05, 0) is 20.8 Å². The molecule has 1 fully saturated rings. The van der Waals surface area contributed by atoms with E-state index in [1.807, 2.05) is 0 Å². The molecule has 7 nitrogen and oxygen atoms in total. The van der Waals surface area contributed by atoms with Crippen LogP contribution in [0.1, 0.15) is 20.8 Å². The van der Waals surface area contributed by atoms with Crippen LogP contribution >= 0.6 is 0 Å². The Balaban J connectivity index is 2.80. The largest absolute Gasteiger partial charge is 0.480 e. The quantitative estimate of drug-likeness (QED) is 0.719. The Labute approximate surface area is 95.1 Å².